The Labute approximate surface area is 259 Å². The number of nitrogens with zero attached hydrogens (tertiary/aromatic N) is 4. The van der Waals surface area contributed by atoms with Gasteiger partial charge in [-0.3, -0.25) is 9.69 Å². The van der Waals surface area contributed by atoms with E-state index in [0.717, 1.165) is 42.2 Å². The molecule has 3 aromatic carbocycles. The SMILES string of the molecule is CC1CN(Cc2cccc(Nc3nc(-c4cccc(NC(=O)c5ccc(C(C)(C)C)cc5)c4)cn4ccnc34)c2)C[C@H](C)N1. The van der Waals surface area contributed by atoms with E-state index >= 15 is 0 Å². The molecule has 1 unspecified atom stereocenters. The Morgan fingerprint density at radius 1 is 0.955 bits per heavy atom. The molecule has 1 fully saturated rings. The zero-order chi connectivity index (χ0) is 30.8. The van der Waals surface area contributed by atoms with Crippen LogP contribution < -0.4 is 16.0 Å². The van der Waals surface area contributed by atoms with Crippen molar-refractivity contribution in [1.82, 2.24) is 24.6 Å². The molecule has 0 radical (unpaired) electrons. The third-order valence-electron chi connectivity index (χ3n) is 8.03. The van der Waals surface area contributed by atoms with Crippen LogP contribution in [-0.4, -0.2) is 50.3 Å². The molecule has 6 rings (SSSR count). The minimum absolute atomic E-state index is 0.0336. The highest BCUT2D eigenvalue weighted by Gasteiger charge is 2.21. The third kappa shape index (κ3) is 6.82. The number of hydrogen-bond acceptors (Lipinski definition) is 6. The first-order valence-corrected chi connectivity index (χ1v) is 15.3. The van der Waals surface area contributed by atoms with Crippen LogP contribution in [0.25, 0.3) is 16.9 Å². The van der Waals surface area contributed by atoms with Gasteiger partial charge in [-0.1, -0.05) is 57.2 Å². The summed E-state index contributed by atoms with van der Waals surface area (Å²) in [6, 6.07) is 25.0. The Bertz CT molecular complexity index is 1760. The van der Waals surface area contributed by atoms with Crippen molar-refractivity contribution >= 4 is 28.7 Å². The van der Waals surface area contributed by atoms with Crippen LogP contribution in [0.2, 0.25) is 0 Å². The lowest BCUT2D eigenvalue weighted by atomic mass is 9.87. The van der Waals surface area contributed by atoms with Gasteiger partial charge in [-0.05, 0) is 66.8 Å². The molecule has 3 heterocycles. The number of amides is 1. The summed E-state index contributed by atoms with van der Waals surface area (Å²) in [5.41, 5.74) is 7.17. The standard InChI is InChI=1S/C36H41N7O/c1-24-20-42(21-25(2)38-24)22-26-8-6-10-30(18-26)39-33-34-37-16-17-43(34)23-32(41-33)28-9-7-11-31(19-28)40-35(44)27-12-14-29(15-13-27)36(3,4)5/h6-19,23-25,38H,20-22H2,1-5H3,(H,39,41)(H,40,44)/t24-,25?/m0/s1. The van der Waals surface area contributed by atoms with E-state index < -0.39 is 0 Å². The number of benzene rings is 3. The second kappa shape index (κ2) is 12.2. The molecule has 8 nitrogen and oxygen atoms in total. The topological polar surface area (TPSA) is 86.6 Å². The summed E-state index contributed by atoms with van der Waals surface area (Å²) in [5.74, 6) is 0.523. The van der Waals surface area contributed by atoms with Crippen molar-refractivity contribution in [3.05, 3.63) is 108 Å². The van der Waals surface area contributed by atoms with Crippen LogP contribution in [-0.2, 0) is 12.0 Å². The molecule has 1 amide bonds. The minimum Gasteiger partial charge on any atom is -0.337 e. The van der Waals surface area contributed by atoms with Gasteiger partial charge in [0.2, 0.25) is 0 Å². The highest BCUT2D eigenvalue weighted by Crippen LogP contribution is 2.28. The number of fused-ring (bicyclic) bond motifs is 1. The van der Waals surface area contributed by atoms with Gasteiger partial charge in [0.25, 0.3) is 5.91 Å². The zero-order valence-electron chi connectivity index (χ0n) is 26.1. The molecule has 226 valence electrons. The second-order valence-electron chi connectivity index (χ2n) is 13.0. The maximum atomic E-state index is 13.1. The monoisotopic (exact) mass is 587 g/mol. The molecule has 1 aliphatic heterocycles. The Hall–Kier alpha value is -4.53. The first-order valence-electron chi connectivity index (χ1n) is 15.3. The summed E-state index contributed by atoms with van der Waals surface area (Å²) in [6.45, 7) is 13.9. The quantitative estimate of drug-likeness (QED) is 0.193. The van der Waals surface area contributed by atoms with Crippen LogP contribution in [0.5, 0.6) is 0 Å². The largest absolute Gasteiger partial charge is 0.337 e. The summed E-state index contributed by atoms with van der Waals surface area (Å²) in [6.07, 6.45) is 5.65. The van der Waals surface area contributed by atoms with Gasteiger partial charge >= 0.3 is 0 Å². The van der Waals surface area contributed by atoms with Crippen LogP contribution in [0.1, 0.15) is 56.1 Å². The van der Waals surface area contributed by atoms with Crippen LogP contribution in [0.15, 0.2) is 91.4 Å². The van der Waals surface area contributed by atoms with Gasteiger partial charge < -0.3 is 20.4 Å². The van der Waals surface area contributed by atoms with Crippen molar-refractivity contribution in [1.29, 1.82) is 0 Å². The summed E-state index contributed by atoms with van der Waals surface area (Å²) >= 11 is 0. The van der Waals surface area contributed by atoms with E-state index in [0.29, 0.717) is 29.2 Å². The van der Waals surface area contributed by atoms with E-state index in [9.17, 15) is 4.79 Å². The predicted octanol–water partition coefficient (Wildman–Crippen LogP) is 6.87. The lowest BCUT2D eigenvalue weighted by Crippen LogP contribution is -2.53. The second-order valence-corrected chi connectivity index (χ2v) is 13.0. The van der Waals surface area contributed by atoms with Crippen molar-refractivity contribution in [3.8, 4) is 11.3 Å². The van der Waals surface area contributed by atoms with Crippen LogP contribution in [0.4, 0.5) is 17.2 Å². The van der Waals surface area contributed by atoms with E-state index in [1.807, 2.05) is 65.3 Å². The molecule has 0 saturated carbocycles. The van der Waals surface area contributed by atoms with E-state index in [2.05, 4.69) is 84.7 Å². The lowest BCUT2D eigenvalue weighted by Gasteiger charge is -2.36. The Morgan fingerprint density at radius 3 is 2.43 bits per heavy atom. The molecule has 8 heteroatoms. The fourth-order valence-corrected chi connectivity index (χ4v) is 5.95. The van der Waals surface area contributed by atoms with E-state index in [1.54, 1.807) is 6.20 Å². The number of aromatic nitrogens is 3. The Kier molecular flexibility index (Phi) is 8.21. The minimum atomic E-state index is -0.146. The number of imidazole rings is 1. The summed E-state index contributed by atoms with van der Waals surface area (Å²) in [5, 5.41) is 10.2. The number of nitrogens with one attached hydrogen (secondary N) is 3. The van der Waals surface area contributed by atoms with Crippen molar-refractivity contribution < 1.29 is 4.79 Å². The lowest BCUT2D eigenvalue weighted by molar-refractivity contribution is 0.102. The fraction of sp³-hybridized carbons (Fsp3) is 0.306. The smallest absolute Gasteiger partial charge is 0.255 e. The normalized spacial score (nSPS) is 17.5. The molecule has 0 spiro atoms. The highest BCUT2D eigenvalue weighted by molar-refractivity contribution is 6.04. The molecular formula is C36H41N7O. The number of carbonyl (C=O) groups is 1. The molecule has 5 aromatic rings. The molecule has 3 N–H and O–H groups in total. The van der Waals surface area contributed by atoms with Gasteiger partial charge in [0.1, 0.15) is 0 Å². The van der Waals surface area contributed by atoms with E-state index in [1.165, 1.54) is 11.1 Å². The van der Waals surface area contributed by atoms with Crippen molar-refractivity contribution in [2.75, 3.05) is 23.7 Å². The highest BCUT2D eigenvalue weighted by atomic mass is 16.1. The predicted molar refractivity (Wildman–Crippen MR) is 179 cm³/mol. The average molecular weight is 588 g/mol. The number of piperazine rings is 1. The molecule has 1 aliphatic rings. The van der Waals surface area contributed by atoms with Crippen molar-refractivity contribution in [2.45, 2.75) is 58.7 Å². The maximum Gasteiger partial charge on any atom is 0.255 e. The van der Waals surface area contributed by atoms with Gasteiger partial charge in [-0.15, -0.1) is 0 Å². The van der Waals surface area contributed by atoms with Gasteiger partial charge in [-0.25, -0.2) is 9.97 Å². The summed E-state index contributed by atoms with van der Waals surface area (Å²) < 4.78 is 1.97. The summed E-state index contributed by atoms with van der Waals surface area (Å²) in [7, 11) is 0. The molecule has 0 aliphatic carbocycles. The maximum absolute atomic E-state index is 13.1. The Balaban J connectivity index is 1.21. The van der Waals surface area contributed by atoms with Crippen LogP contribution in [0.3, 0.4) is 0 Å². The number of carbonyl (C=O) groups excluding carboxylic acids is 1. The molecular weight excluding hydrogens is 546 g/mol. The summed E-state index contributed by atoms with van der Waals surface area (Å²) in [4.78, 5) is 25.1. The van der Waals surface area contributed by atoms with E-state index in [-0.39, 0.29) is 11.3 Å². The van der Waals surface area contributed by atoms with Crippen molar-refractivity contribution in [3.63, 3.8) is 0 Å². The third-order valence-corrected chi connectivity index (χ3v) is 8.03. The van der Waals surface area contributed by atoms with Gasteiger partial charge in [-0.2, -0.15) is 0 Å². The molecule has 0 bridgehead atoms. The molecule has 1 saturated heterocycles. The first kappa shape index (κ1) is 29.5. The molecule has 2 atom stereocenters. The van der Waals surface area contributed by atoms with E-state index in [4.69, 9.17) is 4.98 Å². The molecule has 44 heavy (non-hydrogen) atoms. The van der Waals surface area contributed by atoms with Gasteiger partial charge in [0.15, 0.2) is 11.5 Å². The fourth-order valence-electron chi connectivity index (χ4n) is 5.95. The van der Waals surface area contributed by atoms with Gasteiger partial charge in [0.05, 0.1) is 5.69 Å². The zero-order valence-corrected chi connectivity index (χ0v) is 26.1. The van der Waals surface area contributed by atoms with Gasteiger partial charge in [0, 0.05) is 72.8 Å². The van der Waals surface area contributed by atoms with Crippen LogP contribution >= 0.6 is 0 Å². The average Bonchev–Trinajstić information content (AvgIpc) is 3.46. The first-order chi connectivity index (χ1) is 21.1. The Morgan fingerprint density at radius 2 is 1.68 bits per heavy atom. The number of hydrogen-bond donors (Lipinski definition) is 3. The van der Waals surface area contributed by atoms with Crippen molar-refractivity contribution in [2.24, 2.45) is 0 Å². The molecule has 2 aromatic heterocycles. The van der Waals surface area contributed by atoms with Crippen LogP contribution in [0, 0.1) is 0 Å². The number of anilines is 3. The number of rotatable bonds is 7.